The molecule has 0 amide bonds. The minimum absolute atomic E-state index is 0.00889. The van der Waals surface area contributed by atoms with E-state index >= 15 is 0 Å². The number of benzene rings is 1. The highest BCUT2D eigenvalue weighted by atomic mass is 19.4. The fourth-order valence-corrected chi connectivity index (χ4v) is 1.91. The Kier molecular flexibility index (Phi) is 4.20. The third-order valence-corrected chi connectivity index (χ3v) is 2.89. The lowest BCUT2D eigenvalue weighted by Crippen LogP contribution is -2.09. The zero-order valence-corrected chi connectivity index (χ0v) is 11.6. The summed E-state index contributed by atoms with van der Waals surface area (Å²) in [5, 5.41) is 3.60. The standard InChI is InChI=1S/C14H11F4NO3/c1-3-21-13(20)11-7(2)22-19-12(11)8-4-5-9(10(15)6-8)14(16,17)18/h4-6H,3H2,1-2H3. The number of nitrogens with zero attached hydrogens (tertiary/aromatic N) is 1. The summed E-state index contributed by atoms with van der Waals surface area (Å²) in [7, 11) is 0. The highest BCUT2D eigenvalue weighted by Gasteiger charge is 2.34. The molecule has 0 radical (unpaired) electrons. The number of carbonyl (C=O) groups excluding carboxylic acids is 1. The van der Waals surface area contributed by atoms with E-state index in [2.05, 4.69) is 5.16 Å². The molecule has 2 rings (SSSR count). The van der Waals surface area contributed by atoms with Crippen LogP contribution in [0.2, 0.25) is 0 Å². The first-order chi connectivity index (χ1) is 10.3. The summed E-state index contributed by atoms with van der Waals surface area (Å²) < 4.78 is 60.9. The van der Waals surface area contributed by atoms with Gasteiger partial charge >= 0.3 is 12.1 Å². The van der Waals surface area contributed by atoms with Gasteiger partial charge in [-0.3, -0.25) is 0 Å². The average Bonchev–Trinajstić information content (AvgIpc) is 2.79. The molecular weight excluding hydrogens is 306 g/mol. The lowest BCUT2D eigenvalue weighted by Gasteiger charge is -2.09. The second-order valence-electron chi connectivity index (χ2n) is 4.38. The van der Waals surface area contributed by atoms with E-state index in [0.29, 0.717) is 12.1 Å². The van der Waals surface area contributed by atoms with Gasteiger partial charge < -0.3 is 9.26 Å². The summed E-state index contributed by atoms with van der Waals surface area (Å²) in [6.45, 7) is 3.14. The molecule has 0 atom stereocenters. The lowest BCUT2D eigenvalue weighted by molar-refractivity contribution is -0.139. The van der Waals surface area contributed by atoms with Crippen molar-refractivity contribution in [1.29, 1.82) is 0 Å². The molecule has 1 heterocycles. The topological polar surface area (TPSA) is 52.3 Å². The predicted molar refractivity (Wildman–Crippen MR) is 67.6 cm³/mol. The molecule has 0 unspecified atom stereocenters. The van der Waals surface area contributed by atoms with Gasteiger partial charge in [0.05, 0.1) is 12.2 Å². The number of aryl methyl sites for hydroxylation is 1. The number of carbonyl (C=O) groups is 1. The fourth-order valence-electron chi connectivity index (χ4n) is 1.91. The van der Waals surface area contributed by atoms with E-state index in [1.165, 1.54) is 6.92 Å². The smallest absolute Gasteiger partial charge is 0.419 e. The van der Waals surface area contributed by atoms with Gasteiger partial charge in [-0.05, 0) is 26.0 Å². The van der Waals surface area contributed by atoms with Crippen LogP contribution in [0.1, 0.15) is 28.6 Å². The molecule has 2 aromatic rings. The quantitative estimate of drug-likeness (QED) is 0.634. The van der Waals surface area contributed by atoms with Crippen LogP contribution in [-0.2, 0) is 10.9 Å². The maximum Gasteiger partial charge on any atom is 0.419 e. The minimum atomic E-state index is -4.80. The zero-order valence-electron chi connectivity index (χ0n) is 11.6. The molecule has 118 valence electrons. The van der Waals surface area contributed by atoms with E-state index in [1.54, 1.807) is 6.92 Å². The molecule has 0 aliphatic rings. The molecule has 0 spiro atoms. The molecule has 0 saturated carbocycles. The maximum absolute atomic E-state index is 13.6. The molecule has 1 aromatic carbocycles. The Hall–Kier alpha value is -2.38. The molecule has 22 heavy (non-hydrogen) atoms. The number of ether oxygens (including phenoxy) is 1. The summed E-state index contributed by atoms with van der Waals surface area (Å²) in [5.41, 5.74) is -1.51. The molecule has 1 aromatic heterocycles. The first-order valence-electron chi connectivity index (χ1n) is 6.26. The van der Waals surface area contributed by atoms with Crippen molar-refractivity contribution in [2.75, 3.05) is 6.61 Å². The number of alkyl halides is 3. The van der Waals surface area contributed by atoms with E-state index in [-0.39, 0.29) is 29.2 Å². The van der Waals surface area contributed by atoms with Crippen LogP contribution >= 0.6 is 0 Å². The van der Waals surface area contributed by atoms with Crippen molar-refractivity contribution < 1.29 is 31.6 Å². The van der Waals surface area contributed by atoms with Gasteiger partial charge in [0.1, 0.15) is 22.8 Å². The fraction of sp³-hybridized carbons (Fsp3) is 0.286. The van der Waals surface area contributed by atoms with Crippen molar-refractivity contribution in [3.8, 4) is 11.3 Å². The van der Waals surface area contributed by atoms with Crippen molar-refractivity contribution in [3.63, 3.8) is 0 Å². The van der Waals surface area contributed by atoms with Gasteiger partial charge in [-0.2, -0.15) is 13.2 Å². The normalized spacial score (nSPS) is 11.5. The second kappa shape index (κ2) is 5.78. The van der Waals surface area contributed by atoms with Crippen molar-refractivity contribution in [3.05, 3.63) is 40.9 Å². The molecular formula is C14H11F4NO3. The summed E-state index contributed by atoms with van der Waals surface area (Å²) in [6.07, 6.45) is -4.80. The third kappa shape index (κ3) is 2.95. The number of rotatable bonds is 3. The summed E-state index contributed by atoms with van der Waals surface area (Å²) in [4.78, 5) is 11.8. The Morgan fingerprint density at radius 2 is 2.05 bits per heavy atom. The van der Waals surface area contributed by atoms with Crippen LogP contribution in [-0.4, -0.2) is 17.7 Å². The van der Waals surface area contributed by atoms with Crippen LogP contribution < -0.4 is 0 Å². The van der Waals surface area contributed by atoms with E-state index in [4.69, 9.17) is 9.26 Å². The lowest BCUT2D eigenvalue weighted by atomic mass is 10.0. The number of aromatic nitrogens is 1. The Balaban J connectivity index is 2.50. The van der Waals surface area contributed by atoms with E-state index in [9.17, 15) is 22.4 Å². The van der Waals surface area contributed by atoms with Crippen LogP contribution in [0.3, 0.4) is 0 Å². The molecule has 0 fully saturated rings. The van der Waals surface area contributed by atoms with Crippen molar-refractivity contribution >= 4 is 5.97 Å². The van der Waals surface area contributed by atoms with E-state index in [1.807, 2.05) is 0 Å². The van der Waals surface area contributed by atoms with Gasteiger partial charge in [-0.15, -0.1) is 0 Å². The van der Waals surface area contributed by atoms with Crippen LogP contribution in [0.25, 0.3) is 11.3 Å². The summed E-state index contributed by atoms with van der Waals surface area (Å²) >= 11 is 0. The maximum atomic E-state index is 13.6. The SMILES string of the molecule is CCOC(=O)c1c(-c2ccc(C(F)(F)F)c(F)c2)noc1C. The third-order valence-electron chi connectivity index (χ3n) is 2.89. The Labute approximate surface area is 122 Å². The minimum Gasteiger partial charge on any atom is -0.462 e. The van der Waals surface area contributed by atoms with Gasteiger partial charge in [-0.25, -0.2) is 9.18 Å². The van der Waals surface area contributed by atoms with Crippen LogP contribution in [0.4, 0.5) is 17.6 Å². The van der Waals surface area contributed by atoms with Gasteiger partial charge in [0.25, 0.3) is 0 Å². The van der Waals surface area contributed by atoms with Gasteiger partial charge in [-0.1, -0.05) is 11.2 Å². The molecule has 0 N–H and O–H groups in total. The molecule has 0 aliphatic heterocycles. The molecule has 0 aliphatic carbocycles. The van der Waals surface area contributed by atoms with Gasteiger partial charge in [0, 0.05) is 5.56 Å². The highest BCUT2D eigenvalue weighted by Crippen LogP contribution is 2.34. The monoisotopic (exact) mass is 317 g/mol. The average molecular weight is 317 g/mol. The number of esters is 1. The number of hydrogen-bond acceptors (Lipinski definition) is 4. The first-order valence-corrected chi connectivity index (χ1v) is 6.26. The molecule has 0 bridgehead atoms. The number of halogens is 4. The molecule has 4 nitrogen and oxygen atoms in total. The van der Waals surface area contributed by atoms with Crippen molar-refractivity contribution in [2.45, 2.75) is 20.0 Å². The van der Waals surface area contributed by atoms with Crippen LogP contribution in [0.5, 0.6) is 0 Å². The van der Waals surface area contributed by atoms with Gasteiger partial charge in [0.2, 0.25) is 0 Å². The molecule has 8 heteroatoms. The largest absolute Gasteiger partial charge is 0.462 e. The summed E-state index contributed by atoms with van der Waals surface area (Å²) in [6, 6.07) is 2.26. The first kappa shape index (κ1) is 16.0. The van der Waals surface area contributed by atoms with E-state index < -0.39 is 23.5 Å². The van der Waals surface area contributed by atoms with E-state index in [0.717, 1.165) is 6.07 Å². The van der Waals surface area contributed by atoms with Crippen molar-refractivity contribution in [2.24, 2.45) is 0 Å². The Bertz CT molecular complexity index is 707. The number of hydrogen-bond donors (Lipinski definition) is 0. The van der Waals surface area contributed by atoms with Crippen molar-refractivity contribution in [1.82, 2.24) is 5.16 Å². The Morgan fingerprint density at radius 1 is 1.36 bits per heavy atom. The highest BCUT2D eigenvalue weighted by molar-refractivity contribution is 5.97. The van der Waals surface area contributed by atoms with Crippen LogP contribution in [0.15, 0.2) is 22.7 Å². The van der Waals surface area contributed by atoms with Gasteiger partial charge in [0.15, 0.2) is 0 Å². The second-order valence-corrected chi connectivity index (χ2v) is 4.38. The van der Waals surface area contributed by atoms with Crippen LogP contribution in [0, 0.1) is 12.7 Å². The molecule has 0 saturated heterocycles. The predicted octanol–water partition coefficient (Wildman–Crippen LogP) is 3.98. The zero-order chi connectivity index (χ0) is 16.5. The summed E-state index contributed by atoms with van der Waals surface area (Å²) in [5.74, 6) is -2.06. The Morgan fingerprint density at radius 3 is 2.59 bits per heavy atom.